The Balaban J connectivity index is 1.73. The van der Waals surface area contributed by atoms with Crippen molar-refractivity contribution in [3.63, 3.8) is 0 Å². The Labute approximate surface area is 103 Å². The molecule has 17 heavy (non-hydrogen) atoms. The van der Waals surface area contributed by atoms with E-state index < -0.39 is 0 Å². The Morgan fingerprint density at radius 1 is 1.29 bits per heavy atom. The fourth-order valence-electron chi connectivity index (χ4n) is 2.30. The van der Waals surface area contributed by atoms with Gasteiger partial charge in [0.1, 0.15) is 5.82 Å². The van der Waals surface area contributed by atoms with Crippen LogP contribution in [0.5, 0.6) is 0 Å². The Bertz CT molecular complexity index is 340. The third-order valence-electron chi connectivity index (χ3n) is 3.93. The number of hydrogen-bond donors (Lipinski definition) is 1. The van der Waals surface area contributed by atoms with Crippen molar-refractivity contribution in [3.8, 4) is 0 Å². The van der Waals surface area contributed by atoms with Gasteiger partial charge in [0.25, 0.3) is 0 Å². The molecule has 0 amide bonds. The van der Waals surface area contributed by atoms with Crippen LogP contribution in [0.1, 0.15) is 44.6 Å². The summed E-state index contributed by atoms with van der Waals surface area (Å²) in [5.74, 6) is 1.25. The normalized spacial score (nSPS) is 25.4. The third kappa shape index (κ3) is 3.29. The van der Waals surface area contributed by atoms with Crippen LogP contribution < -0.4 is 5.32 Å². The molecule has 1 unspecified atom stereocenters. The van der Waals surface area contributed by atoms with Crippen molar-refractivity contribution < 1.29 is 4.39 Å². The van der Waals surface area contributed by atoms with Gasteiger partial charge in [0.05, 0.1) is 0 Å². The predicted molar refractivity (Wildman–Crippen MR) is 69.6 cm³/mol. The van der Waals surface area contributed by atoms with E-state index in [1.807, 2.05) is 12.1 Å². The molecule has 0 aliphatic heterocycles. The monoisotopic (exact) mass is 235 g/mol. The minimum absolute atomic E-state index is 0.139. The van der Waals surface area contributed by atoms with Crippen LogP contribution in [-0.4, -0.2) is 12.6 Å². The molecule has 1 fully saturated rings. The smallest absolute Gasteiger partial charge is 0.123 e. The topological polar surface area (TPSA) is 12.0 Å². The summed E-state index contributed by atoms with van der Waals surface area (Å²) in [6.07, 6.45) is 3.63. The summed E-state index contributed by atoms with van der Waals surface area (Å²) in [6, 6.07) is 7.64. The van der Waals surface area contributed by atoms with Crippen molar-refractivity contribution in [1.29, 1.82) is 0 Å². The maximum absolute atomic E-state index is 12.8. The Morgan fingerprint density at radius 3 is 2.53 bits per heavy atom. The molecule has 0 bridgehead atoms. The van der Waals surface area contributed by atoms with Crippen molar-refractivity contribution in [2.45, 2.75) is 45.1 Å². The van der Waals surface area contributed by atoms with Crippen molar-refractivity contribution in [2.75, 3.05) is 6.54 Å². The zero-order valence-electron chi connectivity index (χ0n) is 10.7. The molecular formula is C15H22FN. The molecule has 0 spiro atoms. The lowest BCUT2D eigenvalue weighted by atomic mass is 9.76. The second-order valence-electron chi connectivity index (χ2n) is 5.34. The van der Waals surface area contributed by atoms with Gasteiger partial charge in [-0.1, -0.05) is 32.4 Å². The van der Waals surface area contributed by atoms with Crippen molar-refractivity contribution in [1.82, 2.24) is 5.32 Å². The molecule has 1 aliphatic rings. The van der Waals surface area contributed by atoms with Crippen LogP contribution in [0.3, 0.4) is 0 Å². The molecule has 0 aromatic heterocycles. The van der Waals surface area contributed by atoms with Crippen molar-refractivity contribution in [2.24, 2.45) is 5.92 Å². The van der Waals surface area contributed by atoms with Crippen molar-refractivity contribution in [3.05, 3.63) is 35.6 Å². The number of benzene rings is 1. The van der Waals surface area contributed by atoms with Gasteiger partial charge in [0, 0.05) is 6.04 Å². The first kappa shape index (κ1) is 12.6. The lowest BCUT2D eigenvalue weighted by molar-refractivity contribution is 0.277. The van der Waals surface area contributed by atoms with Gasteiger partial charge in [-0.25, -0.2) is 4.39 Å². The summed E-state index contributed by atoms with van der Waals surface area (Å²) in [5.41, 5.74) is 1.29. The van der Waals surface area contributed by atoms with Gasteiger partial charge in [-0.05, 0) is 48.9 Å². The molecule has 1 atom stereocenters. The molecular weight excluding hydrogens is 213 g/mol. The minimum atomic E-state index is -0.139. The lowest BCUT2D eigenvalue weighted by Gasteiger charge is -2.37. The summed E-state index contributed by atoms with van der Waals surface area (Å²) in [7, 11) is 0. The molecule has 2 heteroatoms. The summed E-state index contributed by atoms with van der Waals surface area (Å²) < 4.78 is 12.8. The van der Waals surface area contributed by atoms with Gasteiger partial charge >= 0.3 is 0 Å². The second kappa shape index (κ2) is 5.63. The maximum Gasteiger partial charge on any atom is 0.123 e. The van der Waals surface area contributed by atoms with Crippen LogP contribution in [0.4, 0.5) is 4.39 Å². The Kier molecular flexibility index (Phi) is 4.16. The van der Waals surface area contributed by atoms with E-state index in [9.17, 15) is 4.39 Å². The van der Waals surface area contributed by atoms with Gasteiger partial charge in [-0.2, -0.15) is 0 Å². The quantitative estimate of drug-likeness (QED) is 0.820. The van der Waals surface area contributed by atoms with Gasteiger partial charge < -0.3 is 5.32 Å². The van der Waals surface area contributed by atoms with Gasteiger partial charge in [0.15, 0.2) is 0 Å². The van der Waals surface area contributed by atoms with E-state index in [1.54, 1.807) is 12.1 Å². The standard InChI is InChI=1S/C15H22FN/c1-3-11(2)10-17-15-8-13(9-15)12-4-6-14(16)7-5-12/h4-7,11,13,15,17H,3,8-10H2,1-2H3. The molecule has 1 nitrogen and oxygen atoms in total. The summed E-state index contributed by atoms with van der Waals surface area (Å²) in [5, 5.41) is 3.61. The van der Waals surface area contributed by atoms with E-state index in [4.69, 9.17) is 0 Å². The molecule has 1 aromatic carbocycles. The largest absolute Gasteiger partial charge is 0.314 e. The molecule has 94 valence electrons. The summed E-state index contributed by atoms with van der Waals surface area (Å²) in [4.78, 5) is 0. The minimum Gasteiger partial charge on any atom is -0.314 e. The molecule has 1 saturated carbocycles. The van der Waals surface area contributed by atoms with Crippen LogP contribution in [0.15, 0.2) is 24.3 Å². The van der Waals surface area contributed by atoms with E-state index >= 15 is 0 Å². The van der Waals surface area contributed by atoms with E-state index in [1.165, 1.54) is 24.8 Å². The fourth-order valence-corrected chi connectivity index (χ4v) is 2.30. The Hall–Kier alpha value is -0.890. The average Bonchev–Trinajstić information content (AvgIpc) is 2.29. The van der Waals surface area contributed by atoms with E-state index in [0.29, 0.717) is 12.0 Å². The van der Waals surface area contributed by atoms with E-state index in [-0.39, 0.29) is 5.82 Å². The van der Waals surface area contributed by atoms with Crippen molar-refractivity contribution >= 4 is 0 Å². The average molecular weight is 235 g/mol. The van der Waals surface area contributed by atoms with Gasteiger partial charge in [0.2, 0.25) is 0 Å². The first-order chi connectivity index (χ1) is 8.19. The lowest BCUT2D eigenvalue weighted by Crippen LogP contribution is -2.41. The maximum atomic E-state index is 12.8. The highest BCUT2D eigenvalue weighted by molar-refractivity contribution is 5.23. The molecule has 0 radical (unpaired) electrons. The van der Waals surface area contributed by atoms with Crippen LogP contribution in [-0.2, 0) is 0 Å². The zero-order chi connectivity index (χ0) is 12.3. The number of halogens is 1. The van der Waals surface area contributed by atoms with Gasteiger partial charge in [-0.3, -0.25) is 0 Å². The summed E-state index contributed by atoms with van der Waals surface area (Å²) in [6.45, 7) is 5.63. The van der Waals surface area contributed by atoms with E-state index in [0.717, 1.165) is 12.5 Å². The number of rotatable bonds is 5. The van der Waals surface area contributed by atoms with Crippen LogP contribution in [0, 0.1) is 11.7 Å². The zero-order valence-corrected chi connectivity index (χ0v) is 10.7. The Morgan fingerprint density at radius 2 is 1.94 bits per heavy atom. The molecule has 1 aromatic rings. The first-order valence-electron chi connectivity index (χ1n) is 6.68. The number of hydrogen-bond acceptors (Lipinski definition) is 1. The molecule has 1 aliphatic carbocycles. The number of nitrogens with one attached hydrogen (secondary N) is 1. The highest BCUT2D eigenvalue weighted by Crippen LogP contribution is 2.36. The van der Waals surface area contributed by atoms with E-state index in [2.05, 4.69) is 19.2 Å². The summed E-state index contributed by atoms with van der Waals surface area (Å²) >= 11 is 0. The molecule has 0 heterocycles. The first-order valence-corrected chi connectivity index (χ1v) is 6.68. The molecule has 2 rings (SSSR count). The molecule has 0 saturated heterocycles. The highest BCUT2D eigenvalue weighted by Gasteiger charge is 2.29. The third-order valence-corrected chi connectivity index (χ3v) is 3.93. The van der Waals surface area contributed by atoms with Crippen LogP contribution >= 0.6 is 0 Å². The van der Waals surface area contributed by atoms with Gasteiger partial charge in [-0.15, -0.1) is 0 Å². The predicted octanol–water partition coefficient (Wildman–Crippen LogP) is 3.71. The second-order valence-corrected chi connectivity index (χ2v) is 5.34. The van der Waals surface area contributed by atoms with Crippen LogP contribution in [0.25, 0.3) is 0 Å². The molecule has 1 N–H and O–H groups in total. The fraction of sp³-hybridized carbons (Fsp3) is 0.600. The highest BCUT2D eigenvalue weighted by atomic mass is 19.1. The van der Waals surface area contributed by atoms with Crippen LogP contribution in [0.2, 0.25) is 0 Å². The SMILES string of the molecule is CCC(C)CNC1CC(c2ccc(F)cc2)C1.